The second-order valence-corrected chi connectivity index (χ2v) is 3.91. The molecule has 0 atom stereocenters. The Balaban J connectivity index is 4.21. The fourth-order valence-electron chi connectivity index (χ4n) is 1.75. The Hall–Kier alpha value is -0.610. The van der Waals surface area contributed by atoms with Crippen LogP contribution in [-0.2, 0) is 9.53 Å². The highest BCUT2D eigenvalue weighted by Crippen LogP contribution is 2.12. The zero-order valence-corrected chi connectivity index (χ0v) is 10.7. The zero-order chi connectivity index (χ0) is 12.4. The maximum atomic E-state index is 12.1. The van der Waals surface area contributed by atoms with Gasteiger partial charge in [-0.3, -0.25) is 4.79 Å². The summed E-state index contributed by atoms with van der Waals surface area (Å²) in [6.45, 7) is 5.83. The van der Waals surface area contributed by atoms with Crippen LogP contribution in [-0.4, -0.2) is 49.3 Å². The van der Waals surface area contributed by atoms with Crippen LogP contribution in [0.15, 0.2) is 0 Å². The van der Waals surface area contributed by atoms with E-state index >= 15 is 0 Å². The third-order valence-electron chi connectivity index (χ3n) is 2.79. The van der Waals surface area contributed by atoms with Crippen molar-refractivity contribution >= 4 is 5.91 Å². The minimum absolute atomic E-state index is 0.0267. The van der Waals surface area contributed by atoms with Crippen LogP contribution < -0.4 is 0 Å². The third kappa shape index (κ3) is 5.47. The summed E-state index contributed by atoms with van der Waals surface area (Å²) in [5.41, 5.74) is 0. The molecule has 0 aromatic heterocycles. The summed E-state index contributed by atoms with van der Waals surface area (Å²) in [6, 6.07) is 0. The van der Waals surface area contributed by atoms with E-state index in [-0.39, 0.29) is 18.4 Å². The summed E-state index contributed by atoms with van der Waals surface area (Å²) in [7, 11) is 1.65. The Bertz CT molecular complexity index is 181. The van der Waals surface area contributed by atoms with Crippen molar-refractivity contribution in [3.8, 4) is 0 Å². The Labute approximate surface area is 98.6 Å². The number of ether oxygens (including phenoxy) is 1. The molecule has 0 aliphatic rings. The Morgan fingerprint density at radius 3 is 2.38 bits per heavy atom. The number of amides is 1. The first-order valence-electron chi connectivity index (χ1n) is 6.09. The molecule has 4 heteroatoms. The Morgan fingerprint density at radius 1 is 1.31 bits per heavy atom. The maximum Gasteiger partial charge on any atom is 0.225 e. The molecule has 0 unspecified atom stereocenters. The number of rotatable bonds is 9. The highest BCUT2D eigenvalue weighted by Gasteiger charge is 2.20. The fraction of sp³-hybridized carbons (Fsp3) is 0.917. The van der Waals surface area contributed by atoms with Crippen LogP contribution in [0.5, 0.6) is 0 Å². The third-order valence-corrected chi connectivity index (χ3v) is 2.79. The molecular formula is C12H25NO3. The van der Waals surface area contributed by atoms with Gasteiger partial charge in [0.2, 0.25) is 5.91 Å². The van der Waals surface area contributed by atoms with Crippen LogP contribution in [0.25, 0.3) is 0 Å². The molecule has 0 fully saturated rings. The van der Waals surface area contributed by atoms with E-state index in [9.17, 15) is 4.79 Å². The van der Waals surface area contributed by atoms with Gasteiger partial charge in [-0.15, -0.1) is 0 Å². The molecule has 0 heterocycles. The molecule has 1 amide bonds. The average Bonchev–Trinajstić information content (AvgIpc) is 2.29. The largest absolute Gasteiger partial charge is 0.395 e. The van der Waals surface area contributed by atoms with Gasteiger partial charge in [0.1, 0.15) is 0 Å². The smallest absolute Gasteiger partial charge is 0.225 e. The van der Waals surface area contributed by atoms with E-state index in [4.69, 9.17) is 9.84 Å². The van der Waals surface area contributed by atoms with E-state index in [2.05, 4.69) is 0 Å². The van der Waals surface area contributed by atoms with Gasteiger partial charge in [0.05, 0.1) is 6.61 Å². The second kappa shape index (κ2) is 9.60. The van der Waals surface area contributed by atoms with Crippen molar-refractivity contribution < 1.29 is 14.6 Å². The van der Waals surface area contributed by atoms with Gasteiger partial charge in [-0.1, -0.05) is 13.8 Å². The van der Waals surface area contributed by atoms with Crippen LogP contribution in [0, 0.1) is 5.92 Å². The predicted octanol–water partition coefficient (Wildman–Crippen LogP) is 1.28. The summed E-state index contributed by atoms with van der Waals surface area (Å²) < 4.78 is 4.96. The molecule has 0 aromatic carbocycles. The number of aliphatic hydroxyl groups is 1. The summed E-state index contributed by atoms with van der Waals surface area (Å²) in [6.07, 6.45) is 2.55. The van der Waals surface area contributed by atoms with Gasteiger partial charge in [-0.2, -0.15) is 0 Å². The van der Waals surface area contributed by atoms with Crippen molar-refractivity contribution in [2.24, 2.45) is 5.92 Å². The van der Waals surface area contributed by atoms with E-state index in [0.717, 1.165) is 19.3 Å². The molecule has 0 rings (SSSR count). The number of nitrogens with zero attached hydrogens (tertiary/aromatic N) is 1. The van der Waals surface area contributed by atoms with E-state index in [1.165, 1.54) is 0 Å². The molecule has 96 valence electrons. The lowest BCUT2D eigenvalue weighted by molar-refractivity contribution is -0.136. The molecule has 0 aliphatic heterocycles. The number of hydrogen-bond donors (Lipinski definition) is 1. The lowest BCUT2D eigenvalue weighted by Gasteiger charge is -2.25. The molecular weight excluding hydrogens is 206 g/mol. The van der Waals surface area contributed by atoms with Crippen molar-refractivity contribution in [1.82, 2.24) is 4.90 Å². The molecule has 0 aliphatic carbocycles. The lowest BCUT2D eigenvalue weighted by Crippen LogP contribution is -2.38. The monoisotopic (exact) mass is 231 g/mol. The molecule has 16 heavy (non-hydrogen) atoms. The molecule has 0 spiro atoms. The molecule has 0 radical (unpaired) electrons. The van der Waals surface area contributed by atoms with Gasteiger partial charge < -0.3 is 14.7 Å². The minimum atomic E-state index is 0.0267. The summed E-state index contributed by atoms with van der Waals surface area (Å²) in [5.74, 6) is 0.254. The van der Waals surface area contributed by atoms with E-state index in [0.29, 0.717) is 19.7 Å². The Kier molecular flexibility index (Phi) is 9.24. The van der Waals surface area contributed by atoms with Crippen LogP contribution >= 0.6 is 0 Å². The zero-order valence-electron chi connectivity index (χ0n) is 10.7. The minimum Gasteiger partial charge on any atom is -0.395 e. The second-order valence-electron chi connectivity index (χ2n) is 3.91. The number of methoxy groups -OCH3 is 1. The standard InChI is InChI=1S/C12H25NO3/c1-4-11(5-2)12(15)13(8-9-14)7-6-10-16-3/h11,14H,4-10H2,1-3H3. The van der Waals surface area contributed by atoms with Crippen LogP contribution in [0.4, 0.5) is 0 Å². The van der Waals surface area contributed by atoms with Crippen LogP contribution in [0.3, 0.4) is 0 Å². The van der Waals surface area contributed by atoms with Crippen molar-refractivity contribution in [3.05, 3.63) is 0 Å². The molecule has 0 bridgehead atoms. The van der Waals surface area contributed by atoms with Crippen molar-refractivity contribution in [3.63, 3.8) is 0 Å². The van der Waals surface area contributed by atoms with Gasteiger partial charge in [0.25, 0.3) is 0 Å². The average molecular weight is 231 g/mol. The topological polar surface area (TPSA) is 49.8 Å². The van der Waals surface area contributed by atoms with Gasteiger partial charge in [0, 0.05) is 32.7 Å². The summed E-state index contributed by atoms with van der Waals surface area (Å²) in [5, 5.41) is 8.94. The normalized spacial score (nSPS) is 10.8. The first-order valence-corrected chi connectivity index (χ1v) is 6.09. The number of carbonyl (C=O) groups is 1. The van der Waals surface area contributed by atoms with Crippen molar-refractivity contribution in [2.75, 3.05) is 33.4 Å². The SMILES string of the molecule is CCC(CC)C(=O)N(CCO)CCCOC. The molecule has 1 N–H and O–H groups in total. The van der Waals surface area contributed by atoms with Crippen molar-refractivity contribution in [1.29, 1.82) is 0 Å². The summed E-state index contributed by atoms with van der Waals surface area (Å²) >= 11 is 0. The molecule has 4 nitrogen and oxygen atoms in total. The van der Waals surface area contributed by atoms with Crippen LogP contribution in [0.2, 0.25) is 0 Å². The van der Waals surface area contributed by atoms with Crippen molar-refractivity contribution in [2.45, 2.75) is 33.1 Å². The lowest BCUT2D eigenvalue weighted by atomic mass is 10.0. The van der Waals surface area contributed by atoms with E-state index < -0.39 is 0 Å². The highest BCUT2D eigenvalue weighted by molar-refractivity contribution is 5.78. The maximum absolute atomic E-state index is 12.1. The van der Waals surface area contributed by atoms with Gasteiger partial charge >= 0.3 is 0 Å². The molecule has 0 saturated carbocycles. The van der Waals surface area contributed by atoms with Gasteiger partial charge in [0.15, 0.2) is 0 Å². The predicted molar refractivity (Wildman–Crippen MR) is 64.2 cm³/mol. The summed E-state index contributed by atoms with van der Waals surface area (Å²) in [4.78, 5) is 13.8. The molecule has 0 aromatic rings. The highest BCUT2D eigenvalue weighted by atomic mass is 16.5. The fourth-order valence-corrected chi connectivity index (χ4v) is 1.75. The van der Waals surface area contributed by atoms with Gasteiger partial charge in [-0.05, 0) is 19.3 Å². The quantitative estimate of drug-likeness (QED) is 0.608. The number of carbonyl (C=O) groups excluding carboxylic acids is 1. The van der Waals surface area contributed by atoms with E-state index in [1.54, 1.807) is 12.0 Å². The molecule has 0 saturated heterocycles. The first kappa shape index (κ1) is 15.4. The van der Waals surface area contributed by atoms with Gasteiger partial charge in [-0.25, -0.2) is 0 Å². The van der Waals surface area contributed by atoms with Crippen LogP contribution in [0.1, 0.15) is 33.1 Å². The van der Waals surface area contributed by atoms with E-state index in [1.807, 2.05) is 13.8 Å². The first-order chi connectivity index (χ1) is 7.71. The Morgan fingerprint density at radius 2 is 1.94 bits per heavy atom. The number of aliphatic hydroxyl groups excluding tert-OH is 1. The number of hydrogen-bond acceptors (Lipinski definition) is 3.